The summed E-state index contributed by atoms with van der Waals surface area (Å²) in [5, 5.41) is 0. The van der Waals surface area contributed by atoms with Crippen LogP contribution in [0.25, 0.3) is 0 Å². The van der Waals surface area contributed by atoms with Crippen LogP contribution in [0.2, 0.25) is 0 Å². The van der Waals surface area contributed by atoms with Gasteiger partial charge in [-0.05, 0) is 50.6 Å². The molecule has 1 unspecified atom stereocenters. The minimum atomic E-state index is 0.578. The molecule has 17 heavy (non-hydrogen) atoms. The van der Waals surface area contributed by atoms with E-state index < -0.39 is 0 Å². The van der Waals surface area contributed by atoms with Gasteiger partial charge in [0.25, 0.3) is 0 Å². The highest BCUT2D eigenvalue weighted by Crippen LogP contribution is 2.35. The SMILES string of the molecule is Cc1cc(C)cc(C(CN)C2CCCCC2)c1. The minimum Gasteiger partial charge on any atom is -0.330 e. The third kappa shape index (κ3) is 3.10. The van der Waals surface area contributed by atoms with E-state index in [9.17, 15) is 0 Å². The molecular formula is C16H25N. The predicted octanol–water partition coefficient (Wildman–Crippen LogP) is 3.93. The van der Waals surface area contributed by atoms with Gasteiger partial charge in [-0.2, -0.15) is 0 Å². The second-order valence-electron chi connectivity index (χ2n) is 5.66. The van der Waals surface area contributed by atoms with Crippen molar-refractivity contribution in [2.24, 2.45) is 11.7 Å². The van der Waals surface area contributed by atoms with Crippen molar-refractivity contribution in [3.63, 3.8) is 0 Å². The molecule has 94 valence electrons. The van der Waals surface area contributed by atoms with Crippen LogP contribution < -0.4 is 5.73 Å². The summed E-state index contributed by atoms with van der Waals surface area (Å²) in [4.78, 5) is 0. The fraction of sp³-hybridized carbons (Fsp3) is 0.625. The number of rotatable bonds is 3. The van der Waals surface area contributed by atoms with Crippen molar-refractivity contribution >= 4 is 0 Å². The molecule has 1 aliphatic rings. The van der Waals surface area contributed by atoms with Crippen molar-refractivity contribution in [2.45, 2.75) is 51.9 Å². The third-order valence-corrected chi connectivity index (χ3v) is 4.14. The van der Waals surface area contributed by atoms with Gasteiger partial charge in [-0.25, -0.2) is 0 Å². The first kappa shape index (κ1) is 12.6. The van der Waals surface area contributed by atoms with E-state index in [0.717, 1.165) is 12.5 Å². The van der Waals surface area contributed by atoms with Crippen LogP contribution in [0.4, 0.5) is 0 Å². The first-order valence-corrected chi connectivity index (χ1v) is 6.99. The molecule has 0 aliphatic heterocycles. The average Bonchev–Trinajstić information content (AvgIpc) is 2.30. The quantitative estimate of drug-likeness (QED) is 0.838. The summed E-state index contributed by atoms with van der Waals surface area (Å²) >= 11 is 0. The zero-order chi connectivity index (χ0) is 12.3. The Kier molecular flexibility index (Phi) is 4.22. The molecule has 1 atom stereocenters. The van der Waals surface area contributed by atoms with E-state index in [-0.39, 0.29) is 0 Å². The van der Waals surface area contributed by atoms with Gasteiger partial charge in [-0.1, -0.05) is 48.6 Å². The molecule has 2 N–H and O–H groups in total. The van der Waals surface area contributed by atoms with E-state index in [1.54, 1.807) is 0 Å². The molecule has 1 heteroatoms. The summed E-state index contributed by atoms with van der Waals surface area (Å²) in [6.07, 6.45) is 6.95. The lowest BCUT2D eigenvalue weighted by Crippen LogP contribution is -2.23. The van der Waals surface area contributed by atoms with Crippen LogP contribution in [0.3, 0.4) is 0 Å². The predicted molar refractivity (Wildman–Crippen MR) is 74.3 cm³/mol. The number of nitrogens with two attached hydrogens (primary N) is 1. The molecule has 0 amide bonds. The zero-order valence-electron chi connectivity index (χ0n) is 11.2. The molecule has 2 rings (SSSR count). The highest BCUT2D eigenvalue weighted by Gasteiger charge is 2.24. The van der Waals surface area contributed by atoms with Gasteiger partial charge in [0, 0.05) is 0 Å². The summed E-state index contributed by atoms with van der Waals surface area (Å²) in [6, 6.07) is 6.91. The van der Waals surface area contributed by atoms with Gasteiger partial charge in [0.1, 0.15) is 0 Å². The fourth-order valence-corrected chi connectivity index (χ4v) is 3.36. The Balaban J connectivity index is 2.21. The lowest BCUT2D eigenvalue weighted by atomic mass is 9.76. The van der Waals surface area contributed by atoms with Gasteiger partial charge in [0.05, 0.1) is 0 Å². The largest absolute Gasteiger partial charge is 0.330 e. The van der Waals surface area contributed by atoms with E-state index in [4.69, 9.17) is 5.73 Å². The van der Waals surface area contributed by atoms with Gasteiger partial charge in [0.15, 0.2) is 0 Å². The van der Waals surface area contributed by atoms with Crippen LogP contribution in [-0.4, -0.2) is 6.54 Å². The van der Waals surface area contributed by atoms with E-state index in [2.05, 4.69) is 32.0 Å². The minimum absolute atomic E-state index is 0.578. The number of hydrogen-bond donors (Lipinski definition) is 1. The van der Waals surface area contributed by atoms with Gasteiger partial charge in [-0.3, -0.25) is 0 Å². The molecule has 1 aliphatic carbocycles. The number of aryl methyl sites for hydroxylation is 2. The van der Waals surface area contributed by atoms with E-state index in [1.165, 1.54) is 48.8 Å². The van der Waals surface area contributed by atoms with E-state index in [1.807, 2.05) is 0 Å². The highest BCUT2D eigenvalue weighted by molar-refractivity contribution is 5.31. The zero-order valence-corrected chi connectivity index (χ0v) is 11.2. The second-order valence-corrected chi connectivity index (χ2v) is 5.66. The Morgan fingerprint density at radius 2 is 1.65 bits per heavy atom. The second kappa shape index (κ2) is 5.68. The van der Waals surface area contributed by atoms with Gasteiger partial charge < -0.3 is 5.73 Å². The topological polar surface area (TPSA) is 26.0 Å². The number of benzene rings is 1. The number of hydrogen-bond acceptors (Lipinski definition) is 1. The van der Waals surface area contributed by atoms with Crippen molar-refractivity contribution in [2.75, 3.05) is 6.54 Å². The van der Waals surface area contributed by atoms with Crippen molar-refractivity contribution in [1.29, 1.82) is 0 Å². The molecule has 0 bridgehead atoms. The van der Waals surface area contributed by atoms with Crippen LogP contribution >= 0.6 is 0 Å². The molecule has 0 radical (unpaired) electrons. The molecule has 1 fully saturated rings. The summed E-state index contributed by atoms with van der Waals surface area (Å²) in [5.74, 6) is 1.39. The maximum atomic E-state index is 6.04. The van der Waals surface area contributed by atoms with Crippen LogP contribution in [0.5, 0.6) is 0 Å². The monoisotopic (exact) mass is 231 g/mol. The molecule has 1 nitrogen and oxygen atoms in total. The van der Waals surface area contributed by atoms with Crippen LogP contribution in [0.1, 0.15) is 54.7 Å². The van der Waals surface area contributed by atoms with Crippen molar-refractivity contribution in [3.05, 3.63) is 34.9 Å². The maximum Gasteiger partial charge on any atom is -0.000556 e. The lowest BCUT2D eigenvalue weighted by Gasteiger charge is -2.30. The van der Waals surface area contributed by atoms with E-state index >= 15 is 0 Å². The Morgan fingerprint density at radius 3 is 2.18 bits per heavy atom. The Morgan fingerprint density at radius 1 is 1.06 bits per heavy atom. The first-order valence-electron chi connectivity index (χ1n) is 6.99. The molecule has 1 aromatic rings. The smallest absolute Gasteiger partial charge is 0.000556 e. The summed E-state index contributed by atoms with van der Waals surface area (Å²) in [7, 11) is 0. The Hall–Kier alpha value is -0.820. The summed E-state index contributed by atoms with van der Waals surface area (Å²) in [5.41, 5.74) is 10.2. The highest BCUT2D eigenvalue weighted by atomic mass is 14.6. The van der Waals surface area contributed by atoms with Crippen LogP contribution in [0, 0.1) is 19.8 Å². The summed E-state index contributed by atoms with van der Waals surface area (Å²) in [6.45, 7) is 5.17. The molecule has 0 heterocycles. The van der Waals surface area contributed by atoms with Crippen molar-refractivity contribution in [3.8, 4) is 0 Å². The van der Waals surface area contributed by atoms with Crippen molar-refractivity contribution in [1.82, 2.24) is 0 Å². The third-order valence-electron chi connectivity index (χ3n) is 4.14. The van der Waals surface area contributed by atoms with Crippen LogP contribution in [-0.2, 0) is 0 Å². The van der Waals surface area contributed by atoms with E-state index in [0.29, 0.717) is 5.92 Å². The molecule has 0 spiro atoms. The van der Waals surface area contributed by atoms with Gasteiger partial charge in [-0.15, -0.1) is 0 Å². The van der Waals surface area contributed by atoms with Gasteiger partial charge in [0.2, 0.25) is 0 Å². The standard InChI is InChI=1S/C16H25N/c1-12-8-13(2)10-15(9-12)16(11-17)14-6-4-3-5-7-14/h8-10,14,16H,3-7,11,17H2,1-2H3. The maximum absolute atomic E-state index is 6.04. The fourth-order valence-electron chi connectivity index (χ4n) is 3.36. The summed E-state index contributed by atoms with van der Waals surface area (Å²) < 4.78 is 0. The van der Waals surface area contributed by atoms with Gasteiger partial charge >= 0.3 is 0 Å². The molecule has 0 saturated heterocycles. The molecule has 0 aromatic heterocycles. The average molecular weight is 231 g/mol. The molecule has 1 saturated carbocycles. The van der Waals surface area contributed by atoms with Crippen LogP contribution in [0.15, 0.2) is 18.2 Å². The normalized spacial score (nSPS) is 19.2. The molecule has 1 aromatic carbocycles. The van der Waals surface area contributed by atoms with Crippen molar-refractivity contribution < 1.29 is 0 Å². The Labute approximate surface area is 105 Å². The Bertz CT molecular complexity index is 344. The lowest BCUT2D eigenvalue weighted by molar-refractivity contribution is 0.307. The first-order chi connectivity index (χ1) is 8.20. The molecular weight excluding hydrogens is 206 g/mol.